The maximum atomic E-state index is 11.6. The molecule has 0 spiro atoms. The van der Waals surface area contributed by atoms with Gasteiger partial charge in [0, 0.05) is 6.92 Å². The van der Waals surface area contributed by atoms with E-state index in [0.717, 1.165) is 30.1 Å². The lowest BCUT2D eigenvalue weighted by atomic mass is 9.47. The molecule has 32 heavy (non-hydrogen) atoms. The third-order valence-electron chi connectivity index (χ3n) is 11.0. The second kappa shape index (κ2) is 9.10. The standard InChI is InChI=1S/C30H50O2/c1-19(2)9-8-10-20(3)24-13-14-26-23-11-12-25-21(4)28(32-22(5)31)16-18-30(25,7)27(23)15-17-29(24,26)6/h19-21,24-25,27-28H,8-18H2,1-7H3/t20-,21+,24-,25+,27+,28+,29-,30+/m1/s1. The van der Waals surface area contributed by atoms with Crippen LogP contribution in [0.3, 0.4) is 0 Å². The van der Waals surface area contributed by atoms with Crippen molar-refractivity contribution in [1.29, 1.82) is 0 Å². The molecule has 0 bridgehead atoms. The fourth-order valence-corrected chi connectivity index (χ4v) is 9.31. The summed E-state index contributed by atoms with van der Waals surface area (Å²) in [6, 6.07) is 0. The Morgan fingerprint density at radius 3 is 2.47 bits per heavy atom. The zero-order valence-corrected chi connectivity index (χ0v) is 22.1. The van der Waals surface area contributed by atoms with Gasteiger partial charge in [-0.1, -0.05) is 72.0 Å². The van der Waals surface area contributed by atoms with Crippen LogP contribution in [0.5, 0.6) is 0 Å². The van der Waals surface area contributed by atoms with E-state index in [9.17, 15) is 4.79 Å². The molecular weight excluding hydrogens is 392 g/mol. The van der Waals surface area contributed by atoms with Crippen molar-refractivity contribution in [3.63, 3.8) is 0 Å². The predicted octanol–water partition coefficient (Wildman–Crippen LogP) is 8.35. The van der Waals surface area contributed by atoms with Crippen LogP contribution in [0.25, 0.3) is 0 Å². The number of ether oxygens (including phenoxy) is 1. The molecule has 2 nitrogen and oxygen atoms in total. The molecule has 0 radical (unpaired) electrons. The number of fused-ring (bicyclic) bond motifs is 4. The average molecular weight is 443 g/mol. The van der Waals surface area contributed by atoms with Crippen molar-refractivity contribution < 1.29 is 9.53 Å². The van der Waals surface area contributed by atoms with Crippen molar-refractivity contribution in [2.75, 3.05) is 0 Å². The molecule has 4 rings (SSSR count). The van der Waals surface area contributed by atoms with E-state index in [1.807, 2.05) is 11.1 Å². The second-order valence-corrected chi connectivity index (χ2v) is 13.2. The van der Waals surface area contributed by atoms with E-state index in [-0.39, 0.29) is 12.1 Å². The molecule has 0 heterocycles. The van der Waals surface area contributed by atoms with Crippen molar-refractivity contribution in [3.05, 3.63) is 11.1 Å². The Labute approximate surface area is 198 Å². The van der Waals surface area contributed by atoms with Crippen LogP contribution in [0.1, 0.15) is 119 Å². The van der Waals surface area contributed by atoms with Gasteiger partial charge in [0.2, 0.25) is 0 Å². The number of hydrogen-bond donors (Lipinski definition) is 0. The number of allylic oxidation sites excluding steroid dienone is 2. The minimum atomic E-state index is -0.1000. The molecule has 0 saturated heterocycles. The summed E-state index contributed by atoms with van der Waals surface area (Å²) in [4.78, 5) is 11.6. The smallest absolute Gasteiger partial charge is 0.302 e. The topological polar surface area (TPSA) is 26.3 Å². The largest absolute Gasteiger partial charge is 0.462 e. The van der Waals surface area contributed by atoms with Crippen molar-refractivity contribution in [2.45, 2.75) is 125 Å². The van der Waals surface area contributed by atoms with Crippen molar-refractivity contribution >= 4 is 5.97 Å². The summed E-state index contributed by atoms with van der Waals surface area (Å²) in [6.07, 6.45) is 14.8. The monoisotopic (exact) mass is 442 g/mol. The van der Waals surface area contributed by atoms with Gasteiger partial charge in [-0.2, -0.15) is 0 Å². The highest BCUT2D eigenvalue weighted by atomic mass is 16.5. The molecular formula is C30H50O2. The molecule has 0 amide bonds. The Morgan fingerprint density at radius 1 is 1.03 bits per heavy atom. The molecule has 4 aliphatic rings. The number of carbonyl (C=O) groups excluding carboxylic acids is 1. The maximum Gasteiger partial charge on any atom is 0.302 e. The number of rotatable bonds is 6. The summed E-state index contributed by atoms with van der Waals surface area (Å²) in [7, 11) is 0. The van der Waals surface area contributed by atoms with Crippen LogP contribution in [-0.4, -0.2) is 12.1 Å². The molecule has 0 N–H and O–H groups in total. The summed E-state index contributed by atoms with van der Waals surface area (Å²) >= 11 is 0. The van der Waals surface area contributed by atoms with E-state index in [4.69, 9.17) is 4.74 Å². The predicted molar refractivity (Wildman–Crippen MR) is 133 cm³/mol. The lowest BCUT2D eigenvalue weighted by Gasteiger charge is -2.58. The number of hydrogen-bond acceptors (Lipinski definition) is 2. The fourth-order valence-electron chi connectivity index (χ4n) is 9.31. The molecule has 3 saturated carbocycles. The molecule has 0 aromatic heterocycles. The fraction of sp³-hybridized carbons (Fsp3) is 0.900. The van der Waals surface area contributed by atoms with E-state index < -0.39 is 0 Å². The minimum absolute atomic E-state index is 0.1000. The lowest BCUT2D eigenvalue weighted by molar-refractivity contribution is -0.159. The molecule has 182 valence electrons. The second-order valence-electron chi connectivity index (χ2n) is 13.2. The van der Waals surface area contributed by atoms with Crippen molar-refractivity contribution in [2.24, 2.45) is 46.3 Å². The Balaban J connectivity index is 1.53. The van der Waals surface area contributed by atoms with Crippen LogP contribution in [-0.2, 0) is 9.53 Å². The molecule has 2 heteroatoms. The summed E-state index contributed by atoms with van der Waals surface area (Å²) in [5.41, 5.74) is 4.67. The summed E-state index contributed by atoms with van der Waals surface area (Å²) in [5.74, 6) is 4.46. The van der Waals surface area contributed by atoms with E-state index >= 15 is 0 Å². The first-order valence-corrected chi connectivity index (χ1v) is 14.0. The van der Waals surface area contributed by atoms with Crippen LogP contribution in [0.15, 0.2) is 11.1 Å². The van der Waals surface area contributed by atoms with Crippen LogP contribution >= 0.6 is 0 Å². The Bertz CT molecular complexity index is 735. The quantitative estimate of drug-likeness (QED) is 0.305. The summed E-state index contributed by atoms with van der Waals surface area (Å²) in [5, 5.41) is 0. The Kier molecular flexibility index (Phi) is 6.92. The average Bonchev–Trinajstić information content (AvgIpc) is 3.07. The van der Waals surface area contributed by atoms with Gasteiger partial charge in [-0.25, -0.2) is 0 Å². The Hall–Kier alpha value is -0.790. The van der Waals surface area contributed by atoms with E-state index in [0.29, 0.717) is 22.7 Å². The van der Waals surface area contributed by atoms with Gasteiger partial charge in [-0.05, 0) is 97.7 Å². The van der Waals surface area contributed by atoms with Crippen LogP contribution in [0.4, 0.5) is 0 Å². The highest BCUT2D eigenvalue weighted by Gasteiger charge is 2.57. The number of esters is 1. The van der Waals surface area contributed by atoms with Gasteiger partial charge >= 0.3 is 5.97 Å². The molecule has 8 atom stereocenters. The zero-order valence-electron chi connectivity index (χ0n) is 22.1. The normalized spacial score (nSPS) is 42.3. The highest BCUT2D eigenvalue weighted by molar-refractivity contribution is 5.66. The molecule has 0 aromatic carbocycles. The molecule has 3 fully saturated rings. The molecule has 0 aromatic rings. The maximum absolute atomic E-state index is 11.6. The highest BCUT2D eigenvalue weighted by Crippen LogP contribution is 2.66. The first-order valence-electron chi connectivity index (χ1n) is 14.0. The van der Waals surface area contributed by atoms with Gasteiger partial charge < -0.3 is 4.74 Å². The van der Waals surface area contributed by atoms with E-state index in [1.54, 1.807) is 6.92 Å². The van der Waals surface area contributed by atoms with Gasteiger partial charge in [0.25, 0.3) is 0 Å². The van der Waals surface area contributed by atoms with Gasteiger partial charge in [0.15, 0.2) is 0 Å². The summed E-state index contributed by atoms with van der Waals surface area (Å²) in [6.45, 7) is 16.5. The van der Waals surface area contributed by atoms with E-state index in [2.05, 4.69) is 41.5 Å². The van der Waals surface area contributed by atoms with Crippen molar-refractivity contribution in [1.82, 2.24) is 0 Å². The lowest BCUT2D eigenvalue weighted by Crippen LogP contribution is -2.52. The van der Waals surface area contributed by atoms with Gasteiger partial charge in [0.05, 0.1) is 0 Å². The van der Waals surface area contributed by atoms with Crippen LogP contribution < -0.4 is 0 Å². The summed E-state index contributed by atoms with van der Waals surface area (Å²) < 4.78 is 5.76. The molecule has 0 aliphatic heterocycles. The zero-order chi connectivity index (χ0) is 23.3. The van der Waals surface area contributed by atoms with Crippen LogP contribution in [0, 0.1) is 46.3 Å². The van der Waals surface area contributed by atoms with Gasteiger partial charge in [-0.3, -0.25) is 4.79 Å². The third-order valence-corrected chi connectivity index (χ3v) is 11.0. The first-order chi connectivity index (χ1) is 15.1. The van der Waals surface area contributed by atoms with Gasteiger partial charge in [-0.15, -0.1) is 0 Å². The van der Waals surface area contributed by atoms with Crippen molar-refractivity contribution in [3.8, 4) is 0 Å². The molecule has 4 aliphatic carbocycles. The SMILES string of the molecule is CC(=O)O[C@H]1CC[C@]2(C)[C@H]3CC[C@@]4(C)C(=C3CC[C@H]2[C@@H]1C)CC[C@@H]4[C@H](C)CCCC(C)C. The molecule has 0 unspecified atom stereocenters. The number of carbonyl (C=O) groups is 1. The first kappa shape index (κ1) is 24.3. The van der Waals surface area contributed by atoms with Gasteiger partial charge in [0.1, 0.15) is 6.10 Å². The minimum Gasteiger partial charge on any atom is -0.462 e. The van der Waals surface area contributed by atoms with Crippen LogP contribution in [0.2, 0.25) is 0 Å². The Morgan fingerprint density at radius 2 is 1.78 bits per heavy atom. The third kappa shape index (κ3) is 4.11. The van der Waals surface area contributed by atoms with E-state index in [1.165, 1.54) is 64.2 Å².